The molecule has 0 unspecified atom stereocenters. The van der Waals surface area contributed by atoms with Crippen LogP contribution in [-0.4, -0.2) is 43.5 Å². The number of hydrogen-bond acceptors (Lipinski definition) is 9. The second-order valence-corrected chi connectivity index (χ2v) is 22.6. The summed E-state index contributed by atoms with van der Waals surface area (Å²) in [6.07, 6.45) is 12.1. The minimum absolute atomic E-state index is 0.152. The quantitative estimate of drug-likeness (QED) is 0.0707. The highest BCUT2D eigenvalue weighted by atomic mass is 32.2. The molecule has 0 amide bonds. The predicted octanol–water partition coefficient (Wildman–Crippen LogP) is 12.6. The molecular formula is C57H61O9S+. The SMILES string of the molecule is COc1c(Oc2ccc(OCC(=O)OC3(C)C4CC5CC(C4)CC3C5)cc2)cc([S+](c2ccccc2)c2ccccc2)cc1Oc1ccc(OCC(=O)OC2(C)C3CC4CC(C3)CC2C4)cc1. The monoisotopic (exact) mass is 921 g/mol. The molecule has 9 nitrogen and oxygen atoms in total. The molecule has 67 heavy (non-hydrogen) atoms. The van der Waals surface area contributed by atoms with Gasteiger partial charge in [-0.3, -0.25) is 0 Å². The van der Waals surface area contributed by atoms with Crippen LogP contribution in [0.15, 0.2) is 136 Å². The molecule has 8 saturated carbocycles. The second kappa shape index (κ2) is 18.1. The van der Waals surface area contributed by atoms with E-state index in [4.69, 9.17) is 33.2 Å². The van der Waals surface area contributed by atoms with Crippen LogP contribution in [0.3, 0.4) is 0 Å². The van der Waals surface area contributed by atoms with Gasteiger partial charge in [-0.2, -0.15) is 0 Å². The van der Waals surface area contributed by atoms with Gasteiger partial charge in [0.15, 0.2) is 39.4 Å². The summed E-state index contributed by atoms with van der Waals surface area (Å²) in [7, 11) is 1.06. The van der Waals surface area contributed by atoms with E-state index >= 15 is 0 Å². The number of benzene rings is 5. The van der Waals surface area contributed by atoms with Crippen molar-refractivity contribution in [3.05, 3.63) is 121 Å². The summed E-state index contributed by atoms with van der Waals surface area (Å²) >= 11 is 0. The minimum atomic E-state index is -0.542. The second-order valence-electron chi connectivity index (χ2n) is 20.5. The number of esters is 2. The van der Waals surface area contributed by atoms with E-state index in [-0.39, 0.29) is 25.2 Å². The summed E-state index contributed by atoms with van der Waals surface area (Å²) in [5.74, 6) is 7.87. The molecule has 13 rings (SSSR count). The van der Waals surface area contributed by atoms with E-state index in [0.717, 1.165) is 38.4 Å². The Kier molecular flexibility index (Phi) is 11.9. The number of methoxy groups -OCH3 is 1. The fraction of sp³-hybridized carbons (Fsp3) is 0.439. The van der Waals surface area contributed by atoms with Gasteiger partial charge in [-0.25, -0.2) is 9.59 Å². The van der Waals surface area contributed by atoms with Crippen molar-refractivity contribution in [2.75, 3.05) is 20.3 Å². The Morgan fingerprint density at radius 1 is 0.478 bits per heavy atom. The summed E-state index contributed by atoms with van der Waals surface area (Å²) in [4.78, 5) is 29.6. The topological polar surface area (TPSA) is 98.8 Å². The van der Waals surface area contributed by atoms with E-state index in [1.54, 1.807) is 31.4 Å². The van der Waals surface area contributed by atoms with Crippen LogP contribution in [0.2, 0.25) is 0 Å². The van der Waals surface area contributed by atoms with Gasteiger partial charge in [0.2, 0.25) is 5.75 Å². The number of hydrogen-bond donors (Lipinski definition) is 0. The van der Waals surface area contributed by atoms with Crippen LogP contribution >= 0.6 is 0 Å². The average molecular weight is 922 g/mol. The van der Waals surface area contributed by atoms with Crippen molar-refractivity contribution in [2.24, 2.45) is 47.3 Å². The van der Waals surface area contributed by atoms with Crippen molar-refractivity contribution >= 4 is 22.8 Å². The number of rotatable bonds is 16. The Balaban J connectivity index is 0.799. The maximum atomic E-state index is 13.2. The van der Waals surface area contributed by atoms with Gasteiger partial charge in [0, 0.05) is 12.1 Å². The Labute approximate surface area is 397 Å². The molecule has 8 bridgehead atoms. The third-order valence-corrected chi connectivity index (χ3v) is 18.6. The summed E-state index contributed by atoms with van der Waals surface area (Å²) < 4.78 is 43.8. The molecule has 0 N–H and O–H groups in total. The van der Waals surface area contributed by atoms with Crippen molar-refractivity contribution in [3.63, 3.8) is 0 Å². The lowest BCUT2D eigenvalue weighted by atomic mass is 9.50. The summed E-state index contributed by atoms with van der Waals surface area (Å²) in [6, 6.07) is 39.3. The first-order valence-corrected chi connectivity index (χ1v) is 25.6. The number of carbonyl (C=O) groups excluding carboxylic acids is 2. The van der Waals surface area contributed by atoms with Crippen molar-refractivity contribution in [3.8, 4) is 40.2 Å². The molecule has 8 fully saturated rings. The van der Waals surface area contributed by atoms with Crippen LogP contribution in [-0.2, 0) is 30.0 Å². The lowest BCUT2D eigenvalue weighted by Crippen LogP contribution is -2.58. The van der Waals surface area contributed by atoms with Crippen LogP contribution in [0.1, 0.15) is 78.1 Å². The van der Waals surface area contributed by atoms with E-state index in [9.17, 15) is 9.59 Å². The molecule has 0 heterocycles. The van der Waals surface area contributed by atoms with E-state index in [2.05, 4.69) is 62.4 Å². The number of carbonyl (C=O) groups is 2. The third-order valence-electron chi connectivity index (χ3n) is 16.4. The Morgan fingerprint density at radius 2 is 0.821 bits per heavy atom. The molecule has 0 aliphatic heterocycles. The van der Waals surface area contributed by atoms with E-state index in [0.29, 0.717) is 63.9 Å². The highest BCUT2D eigenvalue weighted by Gasteiger charge is 2.58. The summed E-state index contributed by atoms with van der Waals surface area (Å²) in [6.45, 7) is 4.00. The molecule has 10 heteroatoms. The predicted molar refractivity (Wildman–Crippen MR) is 255 cm³/mol. The van der Waals surface area contributed by atoms with Crippen molar-refractivity contribution < 1.29 is 42.7 Å². The van der Waals surface area contributed by atoms with Gasteiger partial charge in [-0.1, -0.05) is 36.4 Å². The van der Waals surface area contributed by atoms with Crippen LogP contribution in [0.25, 0.3) is 0 Å². The van der Waals surface area contributed by atoms with Gasteiger partial charge in [-0.05, 0) is 198 Å². The Bertz CT molecular complexity index is 2330. The third kappa shape index (κ3) is 8.87. The van der Waals surface area contributed by atoms with Crippen molar-refractivity contribution in [1.29, 1.82) is 0 Å². The highest BCUT2D eigenvalue weighted by molar-refractivity contribution is 7.97. The van der Waals surface area contributed by atoms with Crippen LogP contribution in [0.5, 0.6) is 40.2 Å². The molecule has 0 atom stereocenters. The lowest BCUT2D eigenvalue weighted by molar-refractivity contribution is -0.205. The molecule has 5 aromatic rings. The zero-order chi connectivity index (χ0) is 45.7. The maximum absolute atomic E-state index is 13.2. The van der Waals surface area contributed by atoms with Gasteiger partial charge in [0.05, 0.1) is 18.0 Å². The smallest absolute Gasteiger partial charge is 0.344 e. The van der Waals surface area contributed by atoms with Gasteiger partial charge in [-0.15, -0.1) is 0 Å². The molecule has 5 aromatic carbocycles. The molecular weight excluding hydrogens is 861 g/mol. The molecule has 8 aliphatic carbocycles. The van der Waals surface area contributed by atoms with E-state index in [1.807, 2.05) is 48.5 Å². The van der Waals surface area contributed by atoms with Gasteiger partial charge < -0.3 is 33.2 Å². The molecule has 0 saturated heterocycles. The first kappa shape index (κ1) is 43.9. The maximum Gasteiger partial charge on any atom is 0.344 e. The van der Waals surface area contributed by atoms with Crippen LogP contribution < -0.4 is 23.7 Å². The summed E-state index contributed by atoms with van der Waals surface area (Å²) in [5, 5.41) is 0. The van der Waals surface area contributed by atoms with Crippen molar-refractivity contribution in [2.45, 2.75) is 104 Å². The van der Waals surface area contributed by atoms with Crippen molar-refractivity contribution in [1.82, 2.24) is 0 Å². The summed E-state index contributed by atoms with van der Waals surface area (Å²) in [5.41, 5.74) is -0.799. The largest absolute Gasteiger partial charge is 0.490 e. The van der Waals surface area contributed by atoms with Gasteiger partial charge >= 0.3 is 11.9 Å². The van der Waals surface area contributed by atoms with Crippen LogP contribution in [0.4, 0.5) is 0 Å². The van der Waals surface area contributed by atoms with Gasteiger partial charge in [0.1, 0.15) is 34.2 Å². The molecule has 348 valence electrons. The minimum Gasteiger partial charge on any atom is -0.490 e. The zero-order valence-corrected chi connectivity index (χ0v) is 39.6. The Hall–Kier alpha value is -5.61. The van der Waals surface area contributed by atoms with Gasteiger partial charge in [0.25, 0.3) is 0 Å². The molecule has 0 radical (unpaired) electrons. The van der Waals surface area contributed by atoms with E-state index in [1.165, 1.54) is 64.2 Å². The molecule has 8 aliphatic rings. The van der Waals surface area contributed by atoms with Crippen LogP contribution in [0, 0.1) is 47.3 Å². The molecule has 0 spiro atoms. The standard InChI is InChI=1S/C57H61O9S/c1-56(40-24-36-22-37(26-40)27-41(56)25-36)65-53(58)34-61-44-14-18-46(19-15-44)63-51-32-50(67(48-10-6-4-7-11-48)49-12-8-5-9-13-49)33-52(55(51)60-3)64-47-20-16-45(17-21-47)62-35-54(59)66-57(2)42-28-38-23-39(30-42)31-43(57)29-38/h4-21,32-33,36-43H,22-31,34-35H2,1-3H3/q+1. The fourth-order valence-corrected chi connectivity index (χ4v) is 15.5. The first-order valence-electron chi connectivity index (χ1n) is 24.4. The highest BCUT2D eigenvalue weighted by Crippen LogP contribution is 2.61. The zero-order valence-electron chi connectivity index (χ0n) is 38.7. The number of ether oxygens (including phenoxy) is 7. The first-order chi connectivity index (χ1) is 32.6. The Morgan fingerprint density at radius 3 is 1.16 bits per heavy atom. The van der Waals surface area contributed by atoms with E-state index < -0.39 is 22.1 Å². The normalized spacial score (nSPS) is 29.6. The lowest BCUT2D eigenvalue weighted by Gasteiger charge is -2.59. The average Bonchev–Trinajstić information content (AvgIpc) is 3.32. The fourth-order valence-electron chi connectivity index (χ4n) is 13.4. The molecule has 0 aromatic heterocycles.